The minimum atomic E-state index is -4.16. The minimum Gasteiger partial charge on any atom is -0.495 e. The first kappa shape index (κ1) is 24.6. The van der Waals surface area contributed by atoms with Gasteiger partial charge in [-0.1, -0.05) is 48.0 Å². The Kier molecular flexibility index (Phi) is 7.97. The SMILES string of the molecule is COc1ccc(C)cc1NC(=O)[C@H](Cc1ccccc1)NS(=O)(=O)c1cc(Cl)ccc1OC. The first-order chi connectivity index (χ1) is 15.7. The average Bonchev–Trinajstić information content (AvgIpc) is 2.79. The van der Waals surface area contributed by atoms with Crippen molar-refractivity contribution in [1.82, 2.24) is 4.72 Å². The van der Waals surface area contributed by atoms with Gasteiger partial charge in [0.25, 0.3) is 0 Å². The smallest absolute Gasteiger partial charge is 0.245 e. The number of anilines is 1. The van der Waals surface area contributed by atoms with Crippen LogP contribution in [0.4, 0.5) is 5.69 Å². The van der Waals surface area contributed by atoms with Crippen molar-refractivity contribution >= 4 is 33.2 Å². The van der Waals surface area contributed by atoms with Gasteiger partial charge in [-0.2, -0.15) is 4.72 Å². The number of hydrogen-bond donors (Lipinski definition) is 2. The molecule has 0 radical (unpaired) electrons. The van der Waals surface area contributed by atoms with E-state index in [1.165, 1.54) is 32.4 Å². The number of amides is 1. The Morgan fingerprint density at radius 1 is 0.970 bits per heavy atom. The Labute approximate surface area is 198 Å². The van der Waals surface area contributed by atoms with Gasteiger partial charge in [0.15, 0.2) is 0 Å². The number of rotatable bonds is 9. The van der Waals surface area contributed by atoms with Gasteiger partial charge in [-0.15, -0.1) is 0 Å². The number of carbonyl (C=O) groups is 1. The van der Waals surface area contributed by atoms with Crippen LogP contribution in [-0.4, -0.2) is 34.6 Å². The van der Waals surface area contributed by atoms with E-state index in [1.807, 2.05) is 43.3 Å². The van der Waals surface area contributed by atoms with Crippen LogP contribution in [-0.2, 0) is 21.2 Å². The lowest BCUT2D eigenvalue weighted by molar-refractivity contribution is -0.117. The zero-order valence-electron chi connectivity index (χ0n) is 18.5. The number of hydrogen-bond acceptors (Lipinski definition) is 5. The van der Waals surface area contributed by atoms with Gasteiger partial charge in [0.05, 0.1) is 19.9 Å². The molecule has 1 atom stereocenters. The van der Waals surface area contributed by atoms with Crippen LogP contribution in [0.2, 0.25) is 5.02 Å². The van der Waals surface area contributed by atoms with E-state index in [0.29, 0.717) is 11.4 Å². The van der Waals surface area contributed by atoms with Crippen LogP contribution >= 0.6 is 11.6 Å². The largest absolute Gasteiger partial charge is 0.495 e. The molecular formula is C24H25ClN2O5S. The second-order valence-corrected chi connectivity index (χ2v) is 9.47. The first-order valence-electron chi connectivity index (χ1n) is 10.1. The van der Waals surface area contributed by atoms with Gasteiger partial charge in [-0.3, -0.25) is 4.79 Å². The summed E-state index contributed by atoms with van der Waals surface area (Å²) in [5, 5.41) is 3.02. The standard InChI is InChI=1S/C24H25ClN2O5S/c1-16-9-11-21(31-2)19(13-16)26-24(28)20(14-17-7-5-4-6-8-17)27-33(29,30)23-15-18(25)10-12-22(23)32-3/h4-13,15,20,27H,14H2,1-3H3,(H,26,28)/t20-/m0/s1. The fourth-order valence-corrected chi connectivity index (χ4v) is 4.92. The van der Waals surface area contributed by atoms with E-state index >= 15 is 0 Å². The maximum atomic E-state index is 13.3. The quantitative estimate of drug-likeness (QED) is 0.471. The van der Waals surface area contributed by atoms with Gasteiger partial charge in [0.2, 0.25) is 15.9 Å². The predicted molar refractivity (Wildman–Crippen MR) is 129 cm³/mol. The Bertz CT molecular complexity index is 1230. The summed E-state index contributed by atoms with van der Waals surface area (Å²) >= 11 is 6.02. The Hall–Kier alpha value is -3.07. The molecule has 9 heteroatoms. The van der Waals surface area contributed by atoms with E-state index in [1.54, 1.807) is 12.1 Å². The van der Waals surface area contributed by atoms with Crippen molar-refractivity contribution in [1.29, 1.82) is 0 Å². The summed E-state index contributed by atoms with van der Waals surface area (Å²) in [4.78, 5) is 13.1. The molecule has 2 N–H and O–H groups in total. The summed E-state index contributed by atoms with van der Waals surface area (Å²) in [6.07, 6.45) is 0.128. The summed E-state index contributed by atoms with van der Waals surface area (Å²) < 4.78 is 39.5. The zero-order valence-corrected chi connectivity index (χ0v) is 20.0. The molecule has 0 heterocycles. The highest BCUT2D eigenvalue weighted by molar-refractivity contribution is 7.89. The first-order valence-corrected chi connectivity index (χ1v) is 11.9. The lowest BCUT2D eigenvalue weighted by atomic mass is 10.1. The van der Waals surface area contributed by atoms with Crippen LogP contribution in [0.25, 0.3) is 0 Å². The van der Waals surface area contributed by atoms with Crippen molar-refractivity contribution in [2.45, 2.75) is 24.3 Å². The summed E-state index contributed by atoms with van der Waals surface area (Å²) in [6.45, 7) is 1.88. The number of benzene rings is 3. The summed E-state index contributed by atoms with van der Waals surface area (Å²) in [7, 11) is -1.30. The van der Waals surface area contributed by atoms with Gasteiger partial charge in [0, 0.05) is 5.02 Å². The fraction of sp³-hybridized carbons (Fsp3) is 0.208. The van der Waals surface area contributed by atoms with Crippen LogP contribution in [0.15, 0.2) is 71.6 Å². The number of sulfonamides is 1. The molecule has 0 aliphatic heterocycles. The minimum absolute atomic E-state index is 0.117. The summed E-state index contributed by atoms with van der Waals surface area (Å²) in [5.74, 6) is 0.0465. The van der Waals surface area contributed by atoms with Gasteiger partial charge in [-0.25, -0.2) is 8.42 Å². The molecule has 174 valence electrons. The Morgan fingerprint density at radius 3 is 2.30 bits per heavy atom. The van der Waals surface area contributed by atoms with E-state index in [0.717, 1.165) is 11.1 Å². The fourth-order valence-electron chi connectivity index (χ4n) is 3.29. The highest BCUT2D eigenvalue weighted by Crippen LogP contribution is 2.28. The number of halogens is 1. The molecule has 3 rings (SSSR count). The molecule has 3 aromatic rings. The second-order valence-electron chi connectivity index (χ2n) is 7.35. The lowest BCUT2D eigenvalue weighted by Gasteiger charge is -2.20. The van der Waals surface area contributed by atoms with Crippen molar-refractivity contribution in [2.75, 3.05) is 19.5 Å². The molecule has 0 saturated heterocycles. The molecule has 0 spiro atoms. The molecule has 0 aliphatic rings. The van der Waals surface area contributed by atoms with Crippen LogP contribution in [0, 0.1) is 6.92 Å². The third-order valence-corrected chi connectivity index (χ3v) is 6.65. The highest BCUT2D eigenvalue weighted by atomic mass is 35.5. The maximum absolute atomic E-state index is 13.3. The maximum Gasteiger partial charge on any atom is 0.245 e. The van der Waals surface area contributed by atoms with E-state index in [4.69, 9.17) is 21.1 Å². The number of nitrogens with one attached hydrogen (secondary N) is 2. The van der Waals surface area contributed by atoms with Gasteiger partial charge in [-0.05, 0) is 54.8 Å². The van der Waals surface area contributed by atoms with Crippen molar-refractivity contribution in [2.24, 2.45) is 0 Å². The van der Waals surface area contributed by atoms with Crippen molar-refractivity contribution in [3.05, 3.63) is 82.9 Å². The second kappa shape index (κ2) is 10.7. The predicted octanol–water partition coefficient (Wildman–Crippen LogP) is 4.19. The lowest BCUT2D eigenvalue weighted by Crippen LogP contribution is -2.45. The van der Waals surface area contributed by atoms with Crippen LogP contribution < -0.4 is 19.5 Å². The molecule has 0 unspecified atom stereocenters. The molecule has 0 aliphatic carbocycles. The third kappa shape index (κ3) is 6.25. The van der Waals surface area contributed by atoms with Crippen molar-refractivity contribution < 1.29 is 22.7 Å². The molecule has 0 saturated carbocycles. The number of methoxy groups -OCH3 is 2. The third-order valence-electron chi connectivity index (χ3n) is 4.92. The van der Waals surface area contributed by atoms with E-state index in [-0.39, 0.29) is 22.1 Å². The molecule has 0 fully saturated rings. The number of aryl methyl sites for hydroxylation is 1. The Balaban J connectivity index is 1.96. The molecule has 1 amide bonds. The molecule has 7 nitrogen and oxygen atoms in total. The summed E-state index contributed by atoms with van der Waals surface area (Å²) in [6, 6.07) is 17.6. The molecule has 3 aromatic carbocycles. The average molecular weight is 489 g/mol. The van der Waals surface area contributed by atoms with Gasteiger partial charge >= 0.3 is 0 Å². The topological polar surface area (TPSA) is 93.7 Å². The number of carbonyl (C=O) groups excluding carboxylic acids is 1. The van der Waals surface area contributed by atoms with Crippen LogP contribution in [0.5, 0.6) is 11.5 Å². The highest BCUT2D eigenvalue weighted by Gasteiger charge is 2.29. The molecule has 0 bridgehead atoms. The van der Waals surface area contributed by atoms with Crippen LogP contribution in [0.3, 0.4) is 0 Å². The summed E-state index contributed by atoms with van der Waals surface area (Å²) in [5.41, 5.74) is 2.14. The van der Waals surface area contributed by atoms with Gasteiger partial charge in [0.1, 0.15) is 22.4 Å². The molecule has 33 heavy (non-hydrogen) atoms. The zero-order chi connectivity index (χ0) is 24.0. The monoisotopic (exact) mass is 488 g/mol. The van der Waals surface area contributed by atoms with Gasteiger partial charge < -0.3 is 14.8 Å². The van der Waals surface area contributed by atoms with E-state index < -0.39 is 22.0 Å². The Morgan fingerprint density at radius 2 is 1.64 bits per heavy atom. The molecule has 0 aromatic heterocycles. The van der Waals surface area contributed by atoms with E-state index in [9.17, 15) is 13.2 Å². The normalized spacial score (nSPS) is 12.1. The van der Waals surface area contributed by atoms with Crippen molar-refractivity contribution in [3.8, 4) is 11.5 Å². The number of ether oxygens (including phenoxy) is 2. The van der Waals surface area contributed by atoms with E-state index in [2.05, 4.69) is 10.0 Å². The van der Waals surface area contributed by atoms with Crippen molar-refractivity contribution in [3.63, 3.8) is 0 Å². The molecular weight excluding hydrogens is 464 g/mol. The van der Waals surface area contributed by atoms with Crippen LogP contribution in [0.1, 0.15) is 11.1 Å².